The van der Waals surface area contributed by atoms with Crippen LogP contribution in [0.25, 0.3) is 0 Å². The third kappa shape index (κ3) is 15.7. The molecule has 0 saturated heterocycles. The van der Waals surface area contributed by atoms with E-state index in [1.165, 1.54) is 89.9 Å². The molecule has 0 rings (SSSR count). The van der Waals surface area contributed by atoms with Gasteiger partial charge in [0.25, 0.3) is 0 Å². The molecule has 0 aliphatic rings. The van der Waals surface area contributed by atoms with Gasteiger partial charge in [-0.25, -0.2) is 0 Å². The molecule has 0 aromatic carbocycles. The van der Waals surface area contributed by atoms with Crippen molar-refractivity contribution >= 4 is 0 Å². The fraction of sp³-hybridized carbons (Fsp3) is 0.833. The second-order valence-electron chi connectivity index (χ2n) is 5.50. The maximum atomic E-state index is 3.70. The van der Waals surface area contributed by atoms with E-state index in [1.807, 2.05) is 6.08 Å². The lowest BCUT2D eigenvalue weighted by Gasteiger charge is -2.02. The Hall–Kier alpha value is -0.260. The first-order valence-corrected chi connectivity index (χ1v) is 8.36. The predicted molar refractivity (Wildman–Crippen MR) is 84.8 cm³/mol. The first-order chi connectivity index (χ1) is 8.91. The maximum Gasteiger partial charge on any atom is -0.0316 e. The van der Waals surface area contributed by atoms with Crippen LogP contribution < -0.4 is 0 Å². The second-order valence-corrected chi connectivity index (χ2v) is 5.50. The van der Waals surface area contributed by atoms with Crippen LogP contribution in [0.4, 0.5) is 0 Å². The molecule has 0 bridgehead atoms. The summed E-state index contributed by atoms with van der Waals surface area (Å²) in [6.45, 7) is 5.99. The third-order valence-electron chi connectivity index (χ3n) is 3.64. The van der Waals surface area contributed by atoms with Gasteiger partial charge in [-0.05, 0) is 19.8 Å². The van der Waals surface area contributed by atoms with Crippen molar-refractivity contribution in [3.05, 3.63) is 19.1 Å². The Balaban J connectivity index is 2.90. The molecule has 107 valence electrons. The summed E-state index contributed by atoms with van der Waals surface area (Å²) in [5.41, 5.74) is 0. The summed E-state index contributed by atoms with van der Waals surface area (Å²) < 4.78 is 0. The summed E-state index contributed by atoms with van der Waals surface area (Å²) in [5.74, 6) is 0. The van der Waals surface area contributed by atoms with Gasteiger partial charge in [0.1, 0.15) is 0 Å². The van der Waals surface area contributed by atoms with Crippen LogP contribution in [0.3, 0.4) is 0 Å². The van der Waals surface area contributed by atoms with E-state index >= 15 is 0 Å². The molecule has 0 aliphatic carbocycles. The van der Waals surface area contributed by atoms with E-state index < -0.39 is 0 Å². The Kier molecular flexibility index (Phi) is 16.5. The zero-order valence-corrected chi connectivity index (χ0v) is 12.8. The summed E-state index contributed by atoms with van der Waals surface area (Å²) in [5, 5.41) is 0. The summed E-state index contributed by atoms with van der Waals surface area (Å²) >= 11 is 0. The first-order valence-electron chi connectivity index (χ1n) is 8.36. The Bertz CT molecular complexity index is 157. The van der Waals surface area contributed by atoms with Crippen molar-refractivity contribution in [2.24, 2.45) is 0 Å². The molecule has 0 nitrogen and oxygen atoms in total. The van der Waals surface area contributed by atoms with Crippen LogP contribution in [-0.4, -0.2) is 0 Å². The van der Waals surface area contributed by atoms with Gasteiger partial charge in [0.05, 0.1) is 0 Å². The molecule has 18 heavy (non-hydrogen) atoms. The minimum atomic E-state index is 1.22. The first kappa shape index (κ1) is 17.7. The summed E-state index contributed by atoms with van der Waals surface area (Å²) in [6, 6.07) is 0. The number of rotatable bonds is 14. The van der Waals surface area contributed by atoms with E-state index in [4.69, 9.17) is 0 Å². The molecule has 0 spiro atoms. The summed E-state index contributed by atoms with van der Waals surface area (Å²) in [4.78, 5) is 0. The van der Waals surface area contributed by atoms with Crippen LogP contribution in [0.15, 0.2) is 12.2 Å². The molecule has 0 heteroatoms. The quantitative estimate of drug-likeness (QED) is 0.296. The number of unbranched alkanes of at least 4 members (excludes halogenated alkanes) is 13. The SMILES string of the molecule is [CH2]/C=C\CCCCCCCCCCCCCCC. The summed E-state index contributed by atoms with van der Waals surface area (Å²) in [7, 11) is 0. The molecule has 1 radical (unpaired) electrons. The normalized spacial score (nSPS) is 11.4. The molecule has 0 aliphatic heterocycles. The minimum Gasteiger partial charge on any atom is -0.0885 e. The highest BCUT2D eigenvalue weighted by atomic mass is 14.0. The van der Waals surface area contributed by atoms with Crippen molar-refractivity contribution in [1.29, 1.82) is 0 Å². The Morgan fingerprint density at radius 2 is 1.00 bits per heavy atom. The maximum absolute atomic E-state index is 3.70. The molecule has 0 aromatic heterocycles. The van der Waals surface area contributed by atoms with E-state index in [-0.39, 0.29) is 0 Å². The van der Waals surface area contributed by atoms with E-state index in [1.54, 1.807) is 0 Å². The van der Waals surface area contributed by atoms with Gasteiger partial charge in [-0.1, -0.05) is 96.1 Å². The predicted octanol–water partition coefficient (Wildman–Crippen LogP) is 6.86. The van der Waals surface area contributed by atoms with Gasteiger partial charge < -0.3 is 0 Å². The van der Waals surface area contributed by atoms with Gasteiger partial charge in [0.15, 0.2) is 0 Å². The van der Waals surface area contributed by atoms with Gasteiger partial charge in [0, 0.05) is 0 Å². The lowest BCUT2D eigenvalue weighted by Crippen LogP contribution is -1.82. The van der Waals surface area contributed by atoms with Gasteiger partial charge >= 0.3 is 0 Å². The molecule has 0 fully saturated rings. The Morgan fingerprint density at radius 3 is 1.39 bits per heavy atom. The van der Waals surface area contributed by atoms with Gasteiger partial charge in [-0.3, -0.25) is 0 Å². The molecule has 0 heterocycles. The molecule has 0 unspecified atom stereocenters. The molecular weight excluding hydrogens is 216 g/mol. The zero-order chi connectivity index (χ0) is 13.3. The topological polar surface area (TPSA) is 0 Å². The second kappa shape index (κ2) is 16.7. The van der Waals surface area contributed by atoms with Crippen molar-refractivity contribution < 1.29 is 0 Å². The standard InChI is InChI=1S/C18H35/c1-3-5-7-9-11-13-15-17-18-16-14-12-10-8-6-4-2/h3,5H,1,4,6-18H2,2H3/b5-3-. The average Bonchev–Trinajstić information content (AvgIpc) is 2.39. The van der Waals surface area contributed by atoms with Crippen LogP contribution >= 0.6 is 0 Å². The highest BCUT2D eigenvalue weighted by molar-refractivity contribution is 4.83. The van der Waals surface area contributed by atoms with E-state index in [0.717, 1.165) is 0 Å². The molecule has 0 aromatic rings. The highest BCUT2D eigenvalue weighted by Gasteiger charge is 1.93. The smallest absolute Gasteiger partial charge is 0.0316 e. The number of hydrogen-bond acceptors (Lipinski definition) is 0. The van der Waals surface area contributed by atoms with Crippen molar-refractivity contribution in [3.8, 4) is 0 Å². The van der Waals surface area contributed by atoms with Crippen LogP contribution in [0, 0.1) is 6.92 Å². The monoisotopic (exact) mass is 251 g/mol. The van der Waals surface area contributed by atoms with Crippen LogP contribution in [0.5, 0.6) is 0 Å². The van der Waals surface area contributed by atoms with Crippen molar-refractivity contribution in [2.45, 2.75) is 96.8 Å². The van der Waals surface area contributed by atoms with Crippen molar-refractivity contribution in [1.82, 2.24) is 0 Å². The Labute approximate surface area is 116 Å². The highest BCUT2D eigenvalue weighted by Crippen LogP contribution is 2.12. The lowest BCUT2D eigenvalue weighted by atomic mass is 10.0. The average molecular weight is 251 g/mol. The van der Waals surface area contributed by atoms with Gasteiger partial charge in [0.2, 0.25) is 0 Å². The van der Waals surface area contributed by atoms with E-state index in [9.17, 15) is 0 Å². The largest absolute Gasteiger partial charge is 0.0885 e. The van der Waals surface area contributed by atoms with E-state index in [0.29, 0.717) is 0 Å². The fourth-order valence-electron chi connectivity index (χ4n) is 2.40. The van der Waals surface area contributed by atoms with Gasteiger partial charge in [-0.15, -0.1) is 0 Å². The fourth-order valence-corrected chi connectivity index (χ4v) is 2.40. The van der Waals surface area contributed by atoms with Gasteiger partial charge in [-0.2, -0.15) is 0 Å². The zero-order valence-electron chi connectivity index (χ0n) is 12.8. The van der Waals surface area contributed by atoms with Crippen LogP contribution in [-0.2, 0) is 0 Å². The molecule has 0 atom stereocenters. The lowest BCUT2D eigenvalue weighted by molar-refractivity contribution is 0.540. The Morgan fingerprint density at radius 1 is 0.611 bits per heavy atom. The molecule has 0 amide bonds. The minimum absolute atomic E-state index is 1.22. The third-order valence-corrected chi connectivity index (χ3v) is 3.64. The van der Waals surface area contributed by atoms with Crippen LogP contribution in [0.1, 0.15) is 96.8 Å². The number of allylic oxidation sites excluding steroid dienone is 2. The molecule has 0 N–H and O–H groups in total. The number of hydrogen-bond donors (Lipinski definition) is 0. The molecule has 0 saturated carbocycles. The van der Waals surface area contributed by atoms with Crippen LogP contribution in [0.2, 0.25) is 0 Å². The van der Waals surface area contributed by atoms with E-state index in [2.05, 4.69) is 19.9 Å². The van der Waals surface area contributed by atoms with Crippen molar-refractivity contribution in [2.75, 3.05) is 0 Å². The summed E-state index contributed by atoms with van der Waals surface area (Å²) in [6.07, 6.45) is 24.0. The molecular formula is C18H35. The van der Waals surface area contributed by atoms with Crippen molar-refractivity contribution in [3.63, 3.8) is 0 Å².